The second kappa shape index (κ2) is 5.30. The van der Waals surface area contributed by atoms with E-state index in [-0.39, 0.29) is 0 Å². The number of benzene rings is 1. The van der Waals surface area contributed by atoms with Crippen molar-refractivity contribution in [2.75, 3.05) is 19.5 Å². The molecule has 0 radical (unpaired) electrons. The number of hydrogen-bond acceptors (Lipinski definition) is 3. The minimum atomic E-state index is 0.514. The largest absolute Gasteiger partial charge is 0.493 e. The third-order valence-electron chi connectivity index (χ3n) is 3.18. The van der Waals surface area contributed by atoms with Crippen LogP contribution in [0.15, 0.2) is 18.2 Å². The highest BCUT2D eigenvalue weighted by molar-refractivity contribution is 5.55. The van der Waals surface area contributed by atoms with Crippen LogP contribution in [-0.4, -0.2) is 20.3 Å². The quantitative estimate of drug-likeness (QED) is 0.820. The smallest absolute Gasteiger partial charge is 0.162 e. The number of rotatable bonds is 6. The van der Waals surface area contributed by atoms with Gasteiger partial charge < -0.3 is 14.8 Å². The van der Waals surface area contributed by atoms with E-state index in [9.17, 15) is 0 Å². The van der Waals surface area contributed by atoms with Gasteiger partial charge in [0.15, 0.2) is 11.5 Å². The van der Waals surface area contributed by atoms with Gasteiger partial charge in [-0.3, -0.25) is 0 Å². The van der Waals surface area contributed by atoms with Gasteiger partial charge in [0.1, 0.15) is 0 Å². The SMILES string of the molecule is COc1ccc(NC(C)CC2CC2)cc1OC. The van der Waals surface area contributed by atoms with Gasteiger partial charge in [0.25, 0.3) is 0 Å². The van der Waals surface area contributed by atoms with Crippen LogP contribution >= 0.6 is 0 Å². The first-order chi connectivity index (χ1) is 8.22. The first-order valence-corrected chi connectivity index (χ1v) is 6.21. The Hall–Kier alpha value is -1.38. The first-order valence-electron chi connectivity index (χ1n) is 6.21. The molecule has 0 aromatic heterocycles. The molecule has 1 aromatic rings. The Bertz CT molecular complexity index is 374. The van der Waals surface area contributed by atoms with Gasteiger partial charge in [-0.25, -0.2) is 0 Å². The van der Waals surface area contributed by atoms with Crippen LogP contribution in [0.3, 0.4) is 0 Å². The number of ether oxygens (including phenoxy) is 2. The summed E-state index contributed by atoms with van der Waals surface area (Å²) >= 11 is 0. The van der Waals surface area contributed by atoms with Gasteiger partial charge in [0.2, 0.25) is 0 Å². The Labute approximate surface area is 103 Å². The summed E-state index contributed by atoms with van der Waals surface area (Å²) in [6.45, 7) is 2.23. The van der Waals surface area contributed by atoms with Crippen LogP contribution in [0, 0.1) is 5.92 Å². The number of anilines is 1. The molecule has 3 heteroatoms. The summed E-state index contributed by atoms with van der Waals surface area (Å²) in [5, 5.41) is 3.50. The average Bonchev–Trinajstić information content (AvgIpc) is 3.12. The molecule has 2 rings (SSSR count). The van der Waals surface area contributed by atoms with Crippen LogP contribution in [0.5, 0.6) is 11.5 Å². The molecule has 3 nitrogen and oxygen atoms in total. The zero-order chi connectivity index (χ0) is 12.3. The molecular weight excluding hydrogens is 214 g/mol. The van der Waals surface area contributed by atoms with E-state index in [0.717, 1.165) is 23.1 Å². The molecule has 1 N–H and O–H groups in total. The third-order valence-corrected chi connectivity index (χ3v) is 3.18. The standard InChI is InChI=1S/C14H21NO2/c1-10(8-11-4-5-11)15-12-6-7-13(16-2)14(9-12)17-3/h6-7,9-11,15H,4-5,8H2,1-3H3. The minimum absolute atomic E-state index is 0.514. The van der Waals surface area contributed by atoms with Crippen molar-refractivity contribution in [1.82, 2.24) is 0 Å². The molecular formula is C14H21NO2. The maximum Gasteiger partial charge on any atom is 0.162 e. The van der Waals surface area contributed by atoms with Crippen molar-refractivity contribution in [3.05, 3.63) is 18.2 Å². The predicted molar refractivity (Wildman–Crippen MR) is 70.0 cm³/mol. The lowest BCUT2D eigenvalue weighted by Gasteiger charge is -2.16. The summed E-state index contributed by atoms with van der Waals surface area (Å²) in [5.74, 6) is 2.49. The van der Waals surface area contributed by atoms with Crippen molar-refractivity contribution < 1.29 is 9.47 Å². The number of hydrogen-bond donors (Lipinski definition) is 1. The van der Waals surface area contributed by atoms with Crippen molar-refractivity contribution in [3.8, 4) is 11.5 Å². The highest BCUT2D eigenvalue weighted by Crippen LogP contribution is 2.35. The van der Waals surface area contributed by atoms with E-state index in [1.807, 2.05) is 18.2 Å². The van der Waals surface area contributed by atoms with Crippen LogP contribution in [-0.2, 0) is 0 Å². The maximum atomic E-state index is 5.29. The zero-order valence-electron chi connectivity index (χ0n) is 10.8. The summed E-state index contributed by atoms with van der Waals surface area (Å²) < 4.78 is 10.5. The van der Waals surface area contributed by atoms with Crippen LogP contribution in [0.4, 0.5) is 5.69 Å². The fourth-order valence-corrected chi connectivity index (χ4v) is 2.12. The lowest BCUT2D eigenvalue weighted by molar-refractivity contribution is 0.355. The van der Waals surface area contributed by atoms with Crippen LogP contribution in [0.1, 0.15) is 26.2 Å². The predicted octanol–water partition coefficient (Wildman–Crippen LogP) is 3.30. The molecule has 0 bridgehead atoms. The van der Waals surface area contributed by atoms with Crippen molar-refractivity contribution in [1.29, 1.82) is 0 Å². The lowest BCUT2D eigenvalue weighted by atomic mass is 10.1. The molecule has 1 unspecified atom stereocenters. The van der Waals surface area contributed by atoms with Crippen molar-refractivity contribution >= 4 is 5.69 Å². The molecule has 94 valence electrons. The number of nitrogens with one attached hydrogen (secondary N) is 1. The van der Waals surface area contributed by atoms with E-state index in [2.05, 4.69) is 12.2 Å². The van der Waals surface area contributed by atoms with E-state index < -0.39 is 0 Å². The van der Waals surface area contributed by atoms with Crippen LogP contribution in [0.2, 0.25) is 0 Å². The molecule has 0 aliphatic heterocycles. The fourth-order valence-electron chi connectivity index (χ4n) is 2.12. The molecule has 1 saturated carbocycles. The second-order valence-corrected chi connectivity index (χ2v) is 4.79. The topological polar surface area (TPSA) is 30.5 Å². The molecule has 0 spiro atoms. The highest BCUT2D eigenvalue weighted by Gasteiger charge is 2.23. The molecule has 1 aliphatic carbocycles. The Morgan fingerprint density at radius 3 is 2.53 bits per heavy atom. The highest BCUT2D eigenvalue weighted by atomic mass is 16.5. The maximum absolute atomic E-state index is 5.29. The summed E-state index contributed by atoms with van der Waals surface area (Å²) in [7, 11) is 3.32. The Morgan fingerprint density at radius 1 is 1.24 bits per heavy atom. The summed E-state index contributed by atoms with van der Waals surface area (Å²) in [4.78, 5) is 0. The average molecular weight is 235 g/mol. The van der Waals surface area contributed by atoms with Gasteiger partial charge >= 0.3 is 0 Å². The summed E-state index contributed by atoms with van der Waals surface area (Å²) in [6.07, 6.45) is 4.06. The minimum Gasteiger partial charge on any atom is -0.493 e. The molecule has 0 saturated heterocycles. The van der Waals surface area contributed by atoms with Crippen molar-refractivity contribution in [3.63, 3.8) is 0 Å². The van der Waals surface area contributed by atoms with E-state index in [1.165, 1.54) is 19.3 Å². The Balaban J connectivity index is 1.99. The van der Waals surface area contributed by atoms with E-state index >= 15 is 0 Å². The van der Waals surface area contributed by atoms with Gasteiger partial charge in [-0.15, -0.1) is 0 Å². The Morgan fingerprint density at radius 2 is 1.94 bits per heavy atom. The van der Waals surface area contributed by atoms with Crippen LogP contribution < -0.4 is 14.8 Å². The molecule has 1 aliphatic rings. The number of methoxy groups -OCH3 is 2. The van der Waals surface area contributed by atoms with Crippen molar-refractivity contribution in [2.45, 2.75) is 32.2 Å². The van der Waals surface area contributed by atoms with Crippen molar-refractivity contribution in [2.24, 2.45) is 5.92 Å². The second-order valence-electron chi connectivity index (χ2n) is 4.79. The molecule has 17 heavy (non-hydrogen) atoms. The molecule has 1 atom stereocenters. The monoisotopic (exact) mass is 235 g/mol. The summed E-state index contributed by atoms with van der Waals surface area (Å²) in [6, 6.07) is 6.47. The van der Waals surface area contributed by atoms with E-state index in [1.54, 1.807) is 14.2 Å². The van der Waals surface area contributed by atoms with E-state index in [4.69, 9.17) is 9.47 Å². The summed E-state index contributed by atoms with van der Waals surface area (Å²) in [5.41, 5.74) is 1.09. The van der Waals surface area contributed by atoms with Crippen LogP contribution in [0.25, 0.3) is 0 Å². The van der Waals surface area contributed by atoms with Gasteiger partial charge in [0.05, 0.1) is 14.2 Å². The van der Waals surface area contributed by atoms with Gasteiger partial charge in [0, 0.05) is 17.8 Å². The molecule has 0 amide bonds. The zero-order valence-corrected chi connectivity index (χ0v) is 10.8. The Kier molecular flexibility index (Phi) is 3.77. The molecule has 1 aromatic carbocycles. The third kappa shape index (κ3) is 3.29. The lowest BCUT2D eigenvalue weighted by Crippen LogP contribution is -2.15. The van der Waals surface area contributed by atoms with E-state index in [0.29, 0.717) is 6.04 Å². The van der Waals surface area contributed by atoms with Gasteiger partial charge in [-0.1, -0.05) is 12.8 Å². The fraction of sp³-hybridized carbons (Fsp3) is 0.571. The first kappa shape index (κ1) is 12.1. The molecule has 0 heterocycles. The molecule has 1 fully saturated rings. The van der Waals surface area contributed by atoms with Gasteiger partial charge in [-0.05, 0) is 31.4 Å². The van der Waals surface area contributed by atoms with Gasteiger partial charge in [-0.2, -0.15) is 0 Å². The normalized spacial score (nSPS) is 16.4.